The third kappa shape index (κ3) is 2.12. The van der Waals surface area contributed by atoms with Crippen molar-refractivity contribution in [2.24, 2.45) is 17.6 Å². The molecule has 1 amide bonds. The molecule has 2 N–H and O–H groups in total. The summed E-state index contributed by atoms with van der Waals surface area (Å²) >= 11 is 0. The normalized spacial score (nSPS) is 34.5. The molecule has 1 rings (SSSR count). The van der Waals surface area contributed by atoms with Gasteiger partial charge in [0.2, 0.25) is 0 Å². The van der Waals surface area contributed by atoms with E-state index in [0.29, 0.717) is 24.9 Å². The second kappa shape index (κ2) is 3.96. The van der Waals surface area contributed by atoms with Gasteiger partial charge in [0.1, 0.15) is 0 Å². The highest BCUT2D eigenvalue weighted by atomic mass is 16.5. The van der Waals surface area contributed by atoms with Crippen molar-refractivity contribution in [3.8, 4) is 0 Å². The van der Waals surface area contributed by atoms with Crippen LogP contribution in [0.1, 0.15) is 13.8 Å². The van der Waals surface area contributed by atoms with Crippen LogP contribution in [-0.2, 0) is 4.74 Å². The molecule has 0 aromatic rings. The summed E-state index contributed by atoms with van der Waals surface area (Å²) in [4.78, 5) is 12.9. The maximum absolute atomic E-state index is 11.2. The van der Waals surface area contributed by atoms with Crippen molar-refractivity contribution in [3.63, 3.8) is 0 Å². The summed E-state index contributed by atoms with van der Waals surface area (Å²) in [7, 11) is 1.41. The minimum Gasteiger partial charge on any atom is -0.453 e. The number of piperidine rings is 1. The second-order valence-corrected chi connectivity index (χ2v) is 3.91. The van der Waals surface area contributed by atoms with Crippen LogP contribution in [0, 0.1) is 11.8 Å². The van der Waals surface area contributed by atoms with Crippen molar-refractivity contribution in [1.82, 2.24) is 4.90 Å². The third-order valence-corrected chi connectivity index (χ3v) is 2.76. The summed E-state index contributed by atoms with van der Waals surface area (Å²) in [6, 6.07) is 0.195. The first-order chi connectivity index (χ1) is 6.06. The predicted molar refractivity (Wildman–Crippen MR) is 50.3 cm³/mol. The van der Waals surface area contributed by atoms with Crippen molar-refractivity contribution < 1.29 is 9.53 Å². The van der Waals surface area contributed by atoms with E-state index in [1.54, 1.807) is 4.90 Å². The maximum atomic E-state index is 11.2. The van der Waals surface area contributed by atoms with Crippen LogP contribution in [0.3, 0.4) is 0 Å². The fraction of sp³-hybridized carbons (Fsp3) is 0.889. The number of carbonyl (C=O) groups is 1. The molecular weight excluding hydrogens is 168 g/mol. The van der Waals surface area contributed by atoms with Crippen LogP contribution in [-0.4, -0.2) is 37.2 Å². The zero-order valence-electron chi connectivity index (χ0n) is 8.49. The fourth-order valence-electron chi connectivity index (χ4n) is 1.85. The lowest BCUT2D eigenvalue weighted by Gasteiger charge is -2.38. The molecule has 0 saturated carbocycles. The molecule has 0 aromatic carbocycles. The Balaban J connectivity index is 2.58. The van der Waals surface area contributed by atoms with Gasteiger partial charge in [-0.2, -0.15) is 0 Å². The number of hydrogen-bond donors (Lipinski definition) is 1. The summed E-state index contributed by atoms with van der Waals surface area (Å²) in [6.45, 7) is 5.54. The van der Waals surface area contributed by atoms with Gasteiger partial charge >= 0.3 is 6.09 Å². The molecule has 1 aliphatic rings. The third-order valence-electron chi connectivity index (χ3n) is 2.76. The molecule has 13 heavy (non-hydrogen) atoms. The molecule has 1 aliphatic heterocycles. The van der Waals surface area contributed by atoms with E-state index in [2.05, 4.69) is 18.6 Å². The number of nitrogens with zero attached hydrogens (tertiary/aromatic N) is 1. The molecule has 4 heteroatoms. The van der Waals surface area contributed by atoms with Gasteiger partial charge in [0.05, 0.1) is 7.11 Å². The molecule has 76 valence electrons. The Kier molecular flexibility index (Phi) is 3.14. The Morgan fingerprint density at radius 2 is 1.85 bits per heavy atom. The first-order valence-electron chi connectivity index (χ1n) is 4.64. The number of hydrogen-bond acceptors (Lipinski definition) is 3. The topological polar surface area (TPSA) is 55.6 Å². The molecule has 0 aliphatic carbocycles. The SMILES string of the molecule is COC(=O)N1CC(C)C(N)C(C)C1. The highest BCUT2D eigenvalue weighted by Crippen LogP contribution is 2.20. The number of ether oxygens (including phenoxy) is 1. The van der Waals surface area contributed by atoms with Gasteiger partial charge in [-0.25, -0.2) is 4.79 Å². The van der Waals surface area contributed by atoms with E-state index in [0.717, 1.165) is 0 Å². The second-order valence-electron chi connectivity index (χ2n) is 3.91. The van der Waals surface area contributed by atoms with Gasteiger partial charge in [-0.3, -0.25) is 0 Å². The number of carbonyl (C=O) groups excluding carboxylic acids is 1. The molecule has 0 spiro atoms. The van der Waals surface area contributed by atoms with Crippen LogP contribution in [0.5, 0.6) is 0 Å². The Morgan fingerprint density at radius 1 is 1.38 bits per heavy atom. The van der Waals surface area contributed by atoms with Gasteiger partial charge in [-0.1, -0.05) is 13.8 Å². The average Bonchev–Trinajstić information content (AvgIpc) is 2.12. The molecular formula is C9H18N2O2. The van der Waals surface area contributed by atoms with E-state index in [9.17, 15) is 4.79 Å². The van der Waals surface area contributed by atoms with Gasteiger partial charge < -0.3 is 15.4 Å². The van der Waals surface area contributed by atoms with Crippen molar-refractivity contribution in [1.29, 1.82) is 0 Å². The Morgan fingerprint density at radius 3 is 2.23 bits per heavy atom. The van der Waals surface area contributed by atoms with Gasteiger partial charge in [0, 0.05) is 19.1 Å². The smallest absolute Gasteiger partial charge is 0.409 e. The predicted octanol–water partition coefficient (Wildman–Crippen LogP) is 0.668. The van der Waals surface area contributed by atoms with E-state index in [4.69, 9.17) is 5.73 Å². The first-order valence-corrected chi connectivity index (χ1v) is 4.64. The van der Waals surface area contributed by atoms with Crippen LogP contribution < -0.4 is 5.73 Å². The molecule has 2 unspecified atom stereocenters. The first kappa shape index (κ1) is 10.3. The lowest BCUT2D eigenvalue weighted by molar-refractivity contribution is 0.0816. The summed E-state index contributed by atoms with van der Waals surface area (Å²) in [6.07, 6.45) is -0.245. The Bertz CT molecular complexity index is 184. The molecule has 0 aromatic heterocycles. The average molecular weight is 186 g/mol. The summed E-state index contributed by atoms with van der Waals surface area (Å²) in [5.74, 6) is 0.700. The van der Waals surface area contributed by atoms with Gasteiger partial charge in [-0.15, -0.1) is 0 Å². The van der Waals surface area contributed by atoms with E-state index in [1.165, 1.54) is 7.11 Å². The molecule has 0 bridgehead atoms. The van der Waals surface area contributed by atoms with Crippen molar-refractivity contribution in [3.05, 3.63) is 0 Å². The van der Waals surface area contributed by atoms with E-state index in [1.807, 2.05) is 0 Å². The van der Waals surface area contributed by atoms with Crippen molar-refractivity contribution in [2.45, 2.75) is 19.9 Å². The maximum Gasteiger partial charge on any atom is 0.409 e. The van der Waals surface area contributed by atoms with Gasteiger partial charge in [0.25, 0.3) is 0 Å². The van der Waals surface area contributed by atoms with Crippen LogP contribution in [0.15, 0.2) is 0 Å². The largest absolute Gasteiger partial charge is 0.453 e. The van der Waals surface area contributed by atoms with Gasteiger partial charge in [-0.05, 0) is 11.8 Å². The molecule has 1 heterocycles. The molecule has 4 nitrogen and oxygen atoms in total. The summed E-state index contributed by atoms with van der Waals surface area (Å²) in [5.41, 5.74) is 5.95. The number of rotatable bonds is 0. The lowest BCUT2D eigenvalue weighted by atomic mass is 9.87. The monoisotopic (exact) mass is 186 g/mol. The van der Waals surface area contributed by atoms with Gasteiger partial charge in [0.15, 0.2) is 0 Å². The summed E-state index contributed by atoms with van der Waals surface area (Å²) in [5, 5.41) is 0. The number of methoxy groups -OCH3 is 1. The minimum absolute atomic E-state index is 0.195. The Labute approximate surface area is 79.0 Å². The summed E-state index contributed by atoms with van der Waals surface area (Å²) < 4.78 is 4.67. The highest BCUT2D eigenvalue weighted by Gasteiger charge is 2.31. The van der Waals surface area contributed by atoms with E-state index >= 15 is 0 Å². The standard InChI is InChI=1S/C9H18N2O2/c1-6-4-11(9(12)13-3)5-7(2)8(6)10/h6-8H,4-5,10H2,1-3H3. The number of amides is 1. The molecule has 1 fully saturated rings. The number of likely N-dealkylation sites (tertiary alicyclic amines) is 1. The lowest BCUT2D eigenvalue weighted by Crippen LogP contribution is -2.53. The van der Waals surface area contributed by atoms with Crippen LogP contribution in [0.2, 0.25) is 0 Å². The molecule has 0 radical (unpaired) electrons. The zero-order chi connectivity index (χ0) is 10.0. The molecule has 2 atom stereocenters. The van der Waals surface area contributed by atoms with E-state index in [-0.39, 0.29) is 12.1 Å². The fourth-order valence-corrected chi connectivity index (χ4v) is 1.85. The van der Waals surface area contributed by atoms with E-state index < -0.39 is 0 Å². The number of nitrogens with two attached hydrogens (primary N) is 1. The Hall–Kier alpha value is -0.770. The van der Waals surface area contributed by atoms with Crippen LogP contribution >= 0.6 is 0 Å². The van der Waals surface area contributed by atoms with Crippen LogP contribution in [0.4, 0.5) is 4.79 Å². The van der Waals surface area contributed by atoms with Crippen molar-refractivity contribution in [2.75, 3.05) is 20.2 Å². The van der Waals surface area contributed by atoms with Crippen LogP contribution in [0.25, 0.3) is 0 Å². The quantitative estimate of drug-likeness (QED) is 0.605. The molecule has 1 saturated heterocycles. The zero-order valence-corrected chi connectivity index (χ0v) is 8.49. The highest BCUT2D eigenvalue weighted by molar-refractivity contribution is 5.67. The van der Waals surface area contributed by atoms with Crippen molar-refractivity contribution >= 4 is 6.09 Å². The minimum atomic E-state index is -0.245.